The van der Waals surface area contributed by atoms with E-state index >= 15 is 0 Å². The molecule has 5 heteroatoms. The average Bonchev–Trinajstić information content (AvgIpc) is 2.43. The van der Waals surface area contributed by atoms with Crippen molar-refractivity contribution >= 4 is 17.4 Å². The van der Waals surface area contributed by atoms with Crippen molar-refractivity contribution in [1.29, 1.82) is 0 Å². The fourth-order valence-electron chi connectivity index (χ4n) is 1.64. The van der Waals surface area contributed by atoms with Gasteiger partial charge in [0, 0.05) is 11.9 Å². The minimum absolute atomic E-state index is 0.195. The molecular weight excluding hydrogens is 240 g/mol. The summed E-state index contributed by atoms with van der Waals surface area (Å²) in [6.45, 7) is 4.04. The standard InChI is InChI=1S/C14H16N4O/c1-9-3-5-12(7-10(9)2)17-14(19)11-4-6-13(18-15)16-8-11/h3-8H,15H2,1-2H3,(H,16,18)(H,17,19). The molecule has 0 aliphatic heterocycles. The van der Waals surface area contributed by atoms with Crippen molar-refractivity contribution in [3.63, 3.8) is 0 Å². The first-order valence-electron chi connectivity index (χ1n) is 5.91. The summed E-state index contributed by atoms with van der Waals surface area (Å²) < 4.78 is 0. The number of benzene rings is 1. The average molecular weight is 256 g/mol. The highest BCUT2D eigenvalue weighted by Gasteiger charge is 2.07. The van der Waals surface area contributed by atoms with Crippen LogP contribution >= 0.6 is 0 Å². The molecular formula is C14H16N4O. The van der Waals surface area contributed by atoms with Crippen LogP contribution in [0, 0.1) is 13.8 Å². The lowest BCUT2D eigenvalue weighted by atomic mass is 10.1. The molecule has 19 heavy (non-hydrogen) atoms. The monoisotopic (exact) mass is 256 g/mol. The Morgan fingerprint density at radius 2 is 1.95 bits per heavy atom. The zero-order valence-corrected chi connectivity index (χ0v) is 10.9. The normalized spacial score (nSPS) is 10.1. The molecule has 4 N–H and O–H groups in total. The molecule has 0 fully saturated rings. The van der Waals surface area contributed by atoms with Gasteiger partial charge in [0.15, 0.2) is 0 Å². The van der Waals surface area contributed by atoms with Gasteiger partial charge in [0.2, 0.25) is 0 Å². The van der Waals surface area contributed by atoms with Gasteiger partial charge in [0.05, 0.1) is 5.56 Å². The number of carbonyl (C=O) groups is 1. The number of aromatic nitrogens is 1. The number of pyridine rings is 1. The molecule has 1 amide bonds. The number of nitrogens with two attached hydrogens (primary N) is 1. The number of nitrogens with one attached hydrogen (secondary N) is 2. The lowest BCUT2D eigenvalue weighted by Gasteiger charge is -2.08. The van der Waals surface area contributed by atoms with Crippen molar-refractivity contribution in [2.75, 3.05) is 10.7 Å². The molecule has 5 nitrogen and oxygen atoms in total. The van der Waals surface area contributed by atoms with E-state index in [1.807, 2.05) is 32.0 Å². The number of nitrogen functional groups attached to an aromatic ring is 1. The summed E-state index contributed by atoms with van der Waals surface area (Å²) in [6, 6.07) is 9.11. The van der Waals surface area contributed by atoms with Crippen molar-refractivity contribution in [2.45, 2.75) is 13.8 Å². The molecule has 0 radical (unpaired) electrons. The van der Waals surface area contributed by atoms with E-state index in [1.165, 1.54) is 11.8 Å². The van der Waals surface area contributed by atoms with Crippen LogP contribution in [-0.4, -0.2) is 10.9 Å². The number of carbonyl (C=O) groups excluding carboxylic acids is 1. The Kier molecular flexibility index (Phi) is 3.77. The molecule has 1 aromatic heterocycles. The maximum absolute atomic E-state index is 12.0. The molecule has 0 aliphatic carbocycles. The van der Waals surface area contributed by atoms with E-state index in [0.717, 1.165) is 11.3 Å². The zero-order chi connectivity index (χ0) is 13.8. The van der Waals surface area contributed by atoms with Gasteiger partial charge in [-0.3, -0.25) is 4.79 Å². The van der Waals surface area contributed by atoms with Crippen LogP contribution in [0.5, 0.6) is 0 Å². The molecule has 0 saturated heterocycles. The summed E-state index contributed by atoms with van der Waals surface area (Å²) in [7, 11) is 0. The number of amides is 1. The van der Waals surface area contributed by atoms with Gasteiger partial charge in [0.1, 0.15) is 5.82 Å². The largest absolute Gasteiger partial charge is 0.322 e. The first-order valence-corrected chi connectivity index (χ1v) is 5.91. The number of aryl methyl sites for hydroxylation is 2. The van der Waals surface area contributed by atoms with Crippen molar-refractivity contribution in [2.24, 2.45) is 5.84 Å². The first kappa shape index (κ1) is 13.0. The van der Waals surface area contributed by atoms with Crippen LogP contribution < -0.4 is 16.6 Å². The second-order valence-corrected chi connectivity index (χ2v) is 4.33. The number of hydrogen-bond donors (Lipinski definition) is 3. The van der Waals surface area contributed by atoms with Gasteiger partial charge in [0.25, 0.3) is 5.91 Å². The minimum atomic E-state index is -0.195. The van der Waals surface area contributed by atoms with E-state index < -0.39 is 0 Å². The third-order valence-electron chi connectivity index (χ3n) is 2.94. The Morgan fingerprint density at radius 1 is 1.16 bits per heavy atom. The van der Waals surface area contributed by atoms with Crippen molar-refractivity contribution in [3.8, 4) is 0 Å². The molecule has 1 heterocycles. The van der Waals surface area contributed by atoms with Gasteiger partial charge < -0.3 is 10.7 Å². The number of anilines is 2. The quantitative estimate of drug-likeness (QED) is 0.581. The van der Waals surface area contributed by atoms with Crippen LogP contribution in [0.3, 0.4) is 0 Å². The molecule has 2 aromatic rings. The molecule has 98 valence electrons. The van der Waals surface area contributed by atoms with Gasteiger partial charge in [-0.15, -0.1) is 0 Å². The van der Waals surface area contributed by atoms with E-state index in [9.17, 15) is 4.79 Å². The predicted molar refractivity (Wildman–Crippen MR) is 75.9 cm³/mol. The van der Waals surface area contributed by atoms with E-state index in [2.05, 4.69) is 15.7 Å². The highest BCUT2D eigenvalue weighted by atomic mass is 16.1. The number of hydrazine groups is 1. The Bertz CT molecular complexity index is 593. The lowest BCUT2D eigenvalue weighted by molar-refractivity contribution is 0.102. The summed E-state index contributed by atoms with van der Waals surface area (Å²) in [4.78, 5) is 16.0. The molecule has 0 atom stereocenters. The second kappa shape index (κ2) is 5.49. The fraction of sp³-hybridized carbons (Fsp3) is 0.143. The second-order valence-electron chi connectivity index (χ2n) is 4.33. The number of nitrogens with zero attached hydrogens (tertiary/aromatic N) is 1. The molecule has 2 rings (SSSR count). The SMILES string of the molecule is Cc1ccc(NC(=O)c2ccc(NN)nc2)cc1C. The smallest absolute Gasteiger partial charge is 0.257 e. The lowest BCUT2D eigenvalue weighted by Crippen LogP contribution is -2.13. The number of hydrogen-bond acceptors (Lipinski definition) is 4. The van der Waals surface area contributed by atoms with Crippen LogP contribution in [0.2, 0.25) is 0 Å². The van der Waals surface area contributed by atoms with E-state index in [1.54, 1.807) is 12.1 Å². The van der Waals surface area contributed by atoms with Crippen molar-refractivity contribution in [1.82, 2.24) is 4.98 Å². The van der Waals surface area contributed by atoms with Crippen LogP contribution in [0.1, 0.15) is 21.5 Å². The molecule has 0 bridgehead atoms. The third-order valence-corrected chi connectivity index (χ3v) is 2.94. The Balaban J connectivity index is 2.13. The van der Waals surface area contributed by atoms with Crippen LogP contribution in [0.4, 0.5) is 11.5 Å². The molecule has 0 unspecified atom stereocenters. The highest BCUT2D eigenvalue weighted by Crippen LogP contribution is 2.15. The summed E-state index contributed by atoms with van der Waals surface area (Å²) in [5.74, 6) is 5.54. The maximum Gasteiger partial charge on any atom is 0.257 e. The van der Waals surface area contributed by atoms with Crippen LogP contribution in [0.15, 0.2) is 36.5 Å². The molecule has 0 spiro atoms. The van der Waals surface area contributed by atoms with Gasteiger partial charge in [-0.2, -0.15) is 0 Å². The van der Waals surface area contributed by atoms with Crippen LogP contribution in [-0.2, 0) is 0 Å². The first-order chi connectivity index (χ1) is 9.10. The van der Waals surface area contributed by atoms with E-state index in [-0.39, 0.29) is 5.91 Å². The topological polar surface area (TPSA) is 80.0 Å². The number of rotatable bonds is 3. The summed E-state index contributed by atoms with van der Waals surface area (Å²) >= 11 is 0. The minimum Gasteiger partial charge on any atom is -0.322 e. The van der Waals surface area contributed by atoms with E-state index in [0.29, 0.717) is 11.4 Å². The highest BCUT2D eigenvalue weighted by molar-refractivity contribution is 6.04. The summed E-state index contributed by atoms with van der Waals surface area (Å²) in [5, 5.41) is 2.83. The van der Waals surface area contributed by atoms with E-state index in [4.69, 9.17) is 5.84 Å². The zero-order valence-electron chi connectivity index (χ0n) is 10.9. The van der Waals surface area contributed by atoms with Gasteiger partial charge in [-0.25, -0.2) is 10.8 Å². The van der Waals surface area contributed by atoms with Gasteiger partial charge in [-0.1, -0.05) is 6.07 Å². The fourth-order valence-corrected chi connectivity index (χ4v) is 1.64. The Hall–Kier alpha value is -2.40. The summed E-state index contributed by atoms with van der Waals surface area (Å²) in [6.07, 6.45) is 1.48. The predicted octanol–water partition coefficient (Wildman–Crippen LogP) is 2.24. The third kappa shape index (κ3) is 3.08. The van der Waals surface area contributed by atoms with Gasteiger partial charge >= 0.3 is 0 Å². The van der Waals surface area contributed by atoms with Gasteiger partial charge in [-0.05, 0) is 49.2 Å². The summed E-state index contributed by atoms with van der Waals surface area (Å²) in [5.41, 5.74) is 6.00. The molecule has 0 aliphatic rings. The Labute approximate surface area is 111 Å². The van der Waals surface area contributed by atoms with Crippen molar-refractivity contribution < 1.29 is 4.79 Å². The Morgan fingerprint density at radius 3 is 2.53 bits per heavy atom. The molecule has 1 aromatic carbocycles. The van der Waals surface area contributed by atoms with Crippen molar-refractivity contribution in [3.05, 3.63) is 53.2 Å². The van der Waals surface area contributed by atoms with Crippen LogP contribution in [0.25, 0.3) is 0 Å². The molecule has 0 saturated carbocycles. The maximum atomic E-state index is 12.0.